The third kappa shape index (κ3) is 5.99. The number of anilines is 1. The van der Waals surface area contributed by atoms with E-state index in [1.807, 2.05) is 0 Å². The van der Waals surface area contributed by atoms with E-state index in [-0.39, 0.29) is 9.79 Å². The number of amides is 1. The number of aromatic hydroxyl groups is 1. The van der Waals surface area contributed by atoms with Crippen molar-refractivity contribution in [3.8, 4) is 5.75 Å². The van der Waals surface area contributed by atoms with Crippen LogP contribution in [-0.4, -0.2) is 38.2 Å². The molecule has 8 nitrogen and oxygen atoms in total. The molecule has 0 aliphatic rings. The number of rotatable bonds is 7. The monoisotopic (exact) mass is 507 g/mol. The summed E-state index contributed by atoms with van der Waals surface area (Å²) >= 11 is 0. The van der Waals surface area contributed by atoms with Gasteiger partial charge in [0.05, 0.1) is 4.90 Å². The van der Waals surface area contributed by atoms with Crippen LogP contribution in [0.25, 0.3) is 0 Å². The molecule has 0 saturated carbocycles. The van der Waals surface area contributed by atoms with Crippen molar-refractivity contribution >= 4 is 31.5 Å². The number of nitrogens with one attached hydrogen (secondary N) is 1. The van der Waals surface area contributed by atoms with Crippen molar-refractivity contribution in [3.63, 3.8) is 0 Å². The van der Waals surface area contributed by atoms with Gasteiger partial charge in [0.1, 0.15) is 16.5 Å². The van der Waals surface area contributed by atoms with Crippen molar-refractivity contribution in [2.75, 3.05) is 11.1 Å². The number of phenolic OH excluding ortho intramolecular Hbond substituents is 1. The zero-order chi connectivity index (χ0) is 25.3. The van der Waals surface area contributed by atoms with Crippen LogP contribution in [-0.2, 0) is 31.2 Å². The van der Waals surface area contributed by atoms with Crippen molar-refractivity contribution < 1.29 is 35.7 Å². The molecule has 34 heavy (non-hydrogen) atoms. The molecular weight excluding hydrogens is 485 g/mol. The second-order valence-corrected chi connectivity index (χ2v) is 11.2. The zero-order valence-corrected chi connectivity index (χ0v) is 19.9. The molecule has 0 aromatic heterocycles. The van der Waals surface area contributed by atoms with Crippen LogP contribution >= 0.6 is 0 Å². The first kappa shape index (κ1) is 25.3. The maximum absolute atomic E-state index is 13.2. The third-order valence-corrected chi connectivity index (χ3v) is 7.54. The first-order chi connectivity index (χ1) is 15.8. The van der Waals surface area contributed by atoms with E-state index < -0.39 is 43.2 Å². The maximum Gasteiger partial charge on any atom is 0.274 e. The number of phenols is 1. The minimum absolute atomic E-state index is 0.154. The second kappa shape index (κ2) is 9.53. The minimum atomic E-state index is -4.45. The maximum atomic E-state index is 13.2. The Bertz CT molecular complexity index is 1440. The molecule has 0 heterocycles. The molecule has 0 fully saturated rings. The van der Waals surface area contributed by atoms with E-state index >= 15 is 0 Å². The topological polar surface area (TPSA) is 138 Å². The van der Waals surface area contributed by atoms with Crippen LogP contribution in [0.1, 0.15) is 22.3 Å². The summed E-state index contributed by atoms with van der Waals surface area (Å²) in [4.78, 5) is 11.3. The Morgan fingerprint density at radius 2 is 1.53 bits per heavy atom. The number of carbonyl (C=O) groups excluding carboxylic acids is 1. The molecule has 0 saturated heterocycles. The molecule has 0 radical (unpaired) electrons. The van der Waals surface area contributed by atoms with Crippen molar-refractivity contribution in [3.05, 3.63) is 82.7 Å². The highest BCUT2D eigenvalue weighted by atomic mass is 32.2. The molecule has 180 valence electrons. The molecule has 1 amide bonds. The zero-order valence-electron chi connectivity index (χ0n) is 18.2. The predicted molar refractivity (Wildman–Crippen MR) is 124 cm³/mol. The summed E-state index contributed by atoms with van der Waals surface area (Å²) in [6.45, 7) is 3.55. The molecule has 0 spiro atoms. The van der Waals surface area contributed by atoms with E-state index in [4.69, 9.17) is 4.55 Å². The van der Waals surface area contributed by atoms with Gasteiger partial charge in [-0.2, -0.15) is 8.42 Å². The number of sulfone groups is 1. The average Bonchev–Trinajstić information content (AvgIpc) is 2.70. The number of benzene rings is 3. The number of hydrogen-bond donors (Lipinski definition) is 3. The summed E-state index contributed by atoms with van der Waals surface area (Å²) in [5.74, 6) is -2.96. The molecule has 0 aliphatic heterocycles. The quantitative estimate of drug-likeness (QED) is 0.329. The fourth-order valence-electron chi connectivity index (χ4n) is 3.54. The Morgan fingerprint density at radius 3 is 2.09 bits per heavy atom. The van der Waals surface area contributed by atoms with Gasteiger partial charge < -0.3 is 10.4 Å². The van der Waals surface area contributed by atoms with Gasteiger partial charge in [-0.05, 0) is 91.1 Å². The van der Waals surface area contributed by atoms with Gasteiger partial charge in [-0.3, -0.25) is 9.35 Å². The highest BCUT2D eigenvalue weighted by molar-refractivity contribution is 7.91. The van der Waals surface area contributed by atoms with Crippen LogP contribution in [0.5, 0.6) is 5.75 Å². The van der Waals surface area contributed by atoms with E-state index in [0.717, 1.165) is 41.0 Å². The summed E-state index contributed by atoms with van der Waals surface area (Å²) < 4.78 is 69.7. The Balaban J connectivity index is 1.90. The second-order valence-electron chi connectivity index (χ2n) is 7.80. The highest BCUT2D eigenvalue weighted by Crippen LogP contribution is 2.31. The molecule has 3 aromatic carbocycles. The summed E-state index contributed by atoms with van der Waals surface area (Å²) in [6.07, 6.45) is 0.309. The lowest BCUT2D eigenvalue weighted by molar-refractivity contribution is -0.113. The fourth-order valence-corrected chi connectivity index (χ4v) is 5.34. The third-order valence-electron chi connectivity index (χ3n) is 5.11. The molecular formula is C23H22FNO7S2. The Hall–Kier alpha value is -3.28. The van der Waals surface area contributed by atoms with Gasteiger partial charge in [-0.15, -0.1) is 0 Å². The largest absolute Gasteiger partial charge is 0.507 e. The van der Waals surface area contributed by atoms with Gasteiger partial charge in [0.25, 0.3) is 10.1 Å². The lowest BCUT2D eigenvalue weighted by atomic mass is 9.95. The van der Waals surface area contributed by atoms with E-state index in [0.29, 0.717) is 17.7 Å². The first-order valence-electron chi connectivity index (χ1n) is 9.94. The van der Waals surface area contributed by atoms with Gasteiger partial charge in [-0.25, -0.2) is 12.8 Å². The van der Waals surface area contributed by atoms with E-state index in [1.54, 1.807) is 32.0 Å². The molecule has 0 aliphatic carbocycles. The smallest absolute Gasteiger partial charge is 0.274 e. The lowest BCUT2D eigenvalue weighted by Gasteiger charge is -2.15. The number of carbonyl (C=O) groups is 1. The van der Waals surface area contributed by atoms with Crippen molar-refractivity contribution in [2.45, 2.75) is 30.1 Å². The van der Waals surface area contributed by atoms with Crippen LogP contribution in [0.2, 0.25) is 0 Å². The fraction of sp³-hybridized carbons (Fsp3) is 0.174. The molecule has 3 N–H and O–H groups in total. The summed E-state index contributed by atoms with van der Waals surface area (Å²) in [6, 6.07) is 11.8. The summed E-state index contributed by atoms with van der Waals surface area (Å²) in [5.41, 5.74) is 3.27. The van der Waals surface area contributed by atoms with Gasteiger partial charge in [-0.1, -0.05) is 6.07 Å². The predicted octanol–water partition coefficient (Wildman–Crippen LogP) is 3.40. The molecule has 0 unspecified atom stereocenters. The van der Waals surface area contributed by atoms with Gasteiger partial charge in [0.2, 0.25) is 15.7 Å². The normalized spacial score (nSPS) is 11.9. The van der Waals surface area contributed by atoms with Crippen LogP contribution < -0.4 is 5.32 Å². The number of hydrogen-bond acceptors (Lipinski definition) is 6. The van der Waals surface area contributed by atoms with Crippen molar-refractivity contribution in [2.24, 2.45) is 0 Å². The van der Waals surface area contributed by atoms with Crippen LogP contribution in [0.4, 0.5) is 10.1 Å². The summed E-state index contributed by atoms with van der Waals surface area (Å²) in [5, 5.41) is 12.6. The number of aryl methyl sites for hydroxylation is 2. The molecule has 3 rings (SSSR count). The van der Waals surface area contributed by atoms with Gasteiger partial charge >= 0.3 is 0 Å². The molecule has 3 aromatic rings. The summed E-state index contributed by atoms with van der Waals surface area (Å²) in [7, 11) is -8.55. The van der Waals surface area contributed by atoms with E-state index in [1.165, 1.54) is 12.1 Å². The molecule has 0 atom stereocenters. The van der Waals surface area contributed by atoms with Crippen molar-refractivity contribution in [1.29, 1.82) is 0 Å². The minimum Gasteiger partial charge on any atom is -0.507 e. The first-order valence-corrected chi connectivity index (χ1v) is 13.0. The van der Waals surface area contributed by atoms with Gasteiger partial charge in [0, 0.05) is 5.69 Å². The van der Waals surface area contributed by atoms with E-state index in [9.17, 15) is 31.1 Å². The molecule has 11 heteroatoms. The lowest BCUT2D eigenvalue weighted by Crippen LogP contribution is -2.22. The average molecular weight is 508 g/mol. The van der Waals surface area contributed by atoms with Crippen LogP contribution in [0.15, 0.2) is 64.4 Å². The Morgan fingerprint density at radius 1 is 0.941 bits per heavy atom. The van der Waals surface area contributed by atoms with Crippen molar-refractivity contribution in [1.82, 2.24) is 0 Å². The van der Waals surface area contributed by atoms with Crippen LogP contribution in [0.3, 0.4) is 0 Å². The highest BCUT2D eigenvalue weighted by Gasteiger charge is 2.22. The van der Waals surface area contributed by atoms with Crippen LogP contribution in [0, 0.1) is 19.7 Å². The van der Waals surface area contributed by atoms with E-state index in [2.05, 4.69) is 5.32 Å². The van der Waals surface area contributed by atoms with Gasteiger partial charge in [0.15, 0.2) is 5.75 Å². The number of halogens is 1. The Kier molecular flexibility index (Phi) is 7.10. The standard InChI is InChI=1S/C23H22FNO7S2/c1-14-9-18(25-23(27)13-33(28,29)30)10-15(2)20(14)11-16-3-8-21(26)22(12-16)34(31,32)19-6-4-17(24)5-7-19/h3-10,12,26H,11,13H2,1-2H3,(H,25,27)(H,28,29,30). The molecule has 0 bridgehead atoms. The Labute approximate surface area is 196 Å². The SMILES string of the molecule is Cc1cc(NC(=O)CS(=O)(=O)O)cc(C)c1Cc1ccc(O)c(S(=O)(=O)c2ccc(F)cc2)c1.